The third kappa shape index (κ3) is 3.96. The van der Waals surface area contributed by atoms with Gasteiger partial charge in [-0.1, -0.05) is 42.1 Å². The van der Waals surface area contributed by atoms with Crippen LogP contribution >= 0.6 is 23.1 Å². The van der Waals surface area contributed by atoms with Crippen molar-refractivity contribution in [3.63, 3.8) is 0 Å². The number of amides is 1. The Labute approximate surface area is 161 Å². The number of carbonyl (C=O) groups is 1. The first-order valence-electron chi connectivity index (χ1n) is 8.39. The molecule has 0 spiro atoms. The first kappa shape index (κ1) is 18.6. The minimum Gasteiger partial charge on any atom is -0.302 e. The van der Waals surface area contributed by atoms with Gasteiger partial charge in [0.25, 0.3) is 0 Å². The van der Waals surface area contributed by atoms with Crippen LogP contribution in [0, 0.1) is 13.8 Å². The van der Waals surface area contributed by atoms with Gasteiger partial charge in [0.15, 0.2) is 16.1 Å². The van der Waals surface area contributed by atoms with Crippen LogP contribution in [-0.4, -0.2) is 30.9 Å². The average Bonchev–Trinajstić information content (AvgIpc) is 3.18. The molecule has 0 radical (unpaired) electrons. The highest BCUT2D eigenvalue weighted by Gasteiger charge is 2.21. The molecule has 0 aliphatic rings. The van der Waals surface area contributed by atoms with Gasteiger partial charge in [-0.2, -0.15) is 0 Å². The minimum absolute atomic E-state index is 0.0873. The largest absolute Gasteiger partial charge is 0.302 e. The van der Waals surface area contributed by atoms with Crippen LogP contribution in [0.1, 0.15) is 24.4 Å². The van der Waals surface area contributed by atoms with Crippen LogP contribution < -0.4 is 5.32 Å². The van der Waals surface area contributed by atoms with E-state index in [0.717, 1.165) is 33.7 Å². The molecule has 3 rings (SSSR count). The number of anilines is 1. The Morgan fingerprint density at radius 3 is 2.62 bits per heavy atom. The molecule has 0 aliphatic carbocycles. The Hall–Kier alpha value is -2.19. The van der Waals surface area contributed by atoms with Crippen molar-refractivity contribution in [1.29, 1.82) is 0 Å². The molecule has 1 amide bonds. The summed E-state index contributed by atoms with van der Waals surface area (Å²) >= 11 is 2.89. The third-order valence-corrected chi connectivity index (χ3v) is 6.04. The van der Waals surface area contributed by atoms with Crippen molar-refractivity contribution in [2.75, 3.05) is 5.32 Å². The van der Waals surface area contributed by atoms with Gasteiger partial charge in [-0.05, 0) is 27.7 Å². The summed E-state index contributed by atoms with van der Waals surface area (Å²) in [5.74, 6) is 0.727. The lowest BCUT2D eigenvalue weighted by atomic mass is 10.2. The number of hydrogen-bond acceptors (Lipinski definition) is 6. The fourth-order valence-electron chi connectivity index (χ4n) is 2.41. The van der Waals surface area contributed by atoms with Gasteiger partial charge >= 0.3 is 0 Å². The first-order valence-corrected chi connectivity index (χ1v) is 10.1. The second-order valence-electron chi connectivity index (χ2n) is 5.83. The minimum atomic E-state index is -0.308. The van der Waals surface area contributed by atoms with E-state index < -0.39 is 0 Å². The van der Waals surface area contributed by atoms with Gasteiger partial charge in [-0.25, -0.2) is 4.98 Å². The highest BCUT2D eigenvalue weighted by molar-refractivity contribution is 8.00. The summed E-state index contributed by atoms with van der Waals surface area (Å²) in [7, 11) is 0. The highest BCUT2D eigenvalue weighted by Crippen LogP contribution is 2.28. The first-order chi connectivity index (χ1) is 12.5. The second kappa shape index (κ2) is 8.01. The molecule has 0 aliphatic heterocycles. The number of aryl methyl sites for hydroxylation is 2. The molecule has 0 unspecified atom stereocenters. The fourth-order valence-corrected chi connectivity index (χ4v) is 4.14. The molecule has 2 aromatic heterocycles. The van der Waals surface area contributed by atoms with E-state index in [9.17, 15) is 4.79 Å². The molecule has 0 saturated heterocycles. The number of thioether (sulfide) groups is 1. The van der Waals surface area contributed by atoms with Crippen LogP contribution in [0.2, 0.25) is 0 Å². The van der Waals surface area contributed by atoms with Crippen LogP contribution in [0.4, 0.5) is 5.13 Å². The maximum absolute atomic E-state index is 12.5. The zero-order chi connectivity index (χ0) is 18.7. The van der Waals surface area contributed by atoms with Crippen molar-refractivity contribution in [3.8, 4) is 11.4 Å². The van der Waals surface area contributed by atoms with Gasteiger partial charge in [-0.3, -0.25) is 4.79 Å². The maximum Gasteiger partial charge on any atom is 0.239 e. The molecule has 8 heteroatoms. The molecule has 0 fully saturated rings. The quantitative estimate of drug-likeness (QED) is 0.643. The molecule has 1 atom stereocenters. The summed E-state index contributed by atoms with van der Waals surface area (Å²) in [5.41, 5.74) is 1.96. The lowest BCUT2D eigenvalue weighted by Gasteiger charge is -2.11. The molecule has 136 valence electrons. The predicted octanol–water partition coefficient (Wildman–Crippen LogP) is 4.16. The Morgan fingerprint density at radius 1 is 1.27 bits per heavy atom. The SMILES string of the molecule is CCn1c(S[C@H](C)C(=O)Nc2nc(C)c(C)s2)nnc1-c1ccccc1. The van der Waals surface area contributed by atoms with Crippen LogP contribution in [0.3, 0.4) is 0 Å². The molecular weight excluding hydrogens is 366 g/mol. The van der Waals surface area contributed by atoms with Crippen molar-refractivity contribution in [2.24, 2.45) is 0 Å². The van der Waals surface area contributed by atoms with Crippen molar-refractivity contribution in [3.05, 3.63) is 40.9 Å². The van der Waals surface area contributed by atoms with E-state index in [1.165, 1.54) is 23.1 Å². The normalized spacial score (nSPS) is 12.2. The van der Waals surface area contributed by atoms with E-state index in [-0.39, 0.29) is 11.2 Å². The van der Waals surface area contributed by atoms with E-state index in [1.54, 1.807) is 0 Å². The van der Waals surface area contributed by atoms with E-state index in [1.807, 2.05) is 62.6 Å². The van der Waals surface area contributed by atoms with E-state index in [0.29, 0.717) is 5.13 Å². The topological polar surface area (TPSA) is 72.7 Å². The fraction of sp³-hybridized carbons (Fsp3) is 0.333. The summed E-state index contributed by atoms with van der Waals surface area (Å²) in [6.07, 6.45) is 0. The molecule has 0 bridgehead atoms. The number of carbonyl (C=O) groups excluding carboxylic acids is 1. The smallest absolute Gasteiger partial charge is 0.239 e. The monoisotopic (exact) mass is 387 g/mol. The molecular formula is C18H21N5OS2. The van der Waals surface area contributed by atoms with Crippen LogP contribution in [0.15, 0.2) is 35.5 Å². The number of rotatable bonds is 6. The summed E-state index contributed by atoms with van der Waals surface area (Å²) in [4.78, 5) is 18.0. The summed E-state index contributed by atoms with van der Waals surface area (Å²) in [5, 5.41) is 12.6. The summed E-state index contributed by atoms with van der Waals surface area (Å²) in [6, 6.07) is 9.94. The van der Waals surface area contributed by atoms with Gasteiger partial charge in [0, 0.05) is 17.0 Å². The highest BCUT2D eigenvalue weighted by atomic mass is 32.2. The third-order valence-electron chi connectivity index (χ3n) is 3.98. The molecule has 3 aromatic rings. The van der Waals surface area contributed by atoms with Crippen molar-refractivity contribution < 1.29 is 4.79 Å². The zero-order valence-corrected chi connectivity index (χ0v) is 16.8. The zero-order valence-electron chi connectivity index (χ0n) is 15.2. The number of nitrogens with zero attached hydrogens (tertiary/aromatic N) is 4. The van der Waals surface area contributed by atoms with Crippen molar-refractivity contribution in [2.45, 2.75) is 44.6 Å². The van der Waals surface area contributed by atoms with E-state index >= 15 is 0 Å². The number of aromatic nitrogens is 4. The lowest BCUT2D eigenvalue weighted by molar-refractivity contribution is -0.115. The van der Waals surface area contributed by atoms with E-state index in [4.69, 9.17) is 0 Å². The van der Waals surface area contributed by atoms with E-state index in [2.05, 4.69) is 20.5 Å². The Balaban J connectivity index is 1.73. The molecule has 26 heavy (non-hydrogen) atoms. The summed E-state index contributed by atoms with van der Waals surface area (Å²) in [6.45, 7) is 8.58. The Kier molecular flexibility index (Phi) is 5.73. The maximum atomic E-state index is 12.5. The average molecular weight is 388 g/mol. The van der Waals surface area contributed by atoms with Crippen molar-refractivity contribution in [1.82, 2.24) is 19.7 Å². The van der Waals surface area contributed by atoms with Gasteiger partial charge in [0.2, 0.25) is 5.91 Å². The lowest BCUT2D eigenvalue weighted by Crippen LogP contribution is -2.22. The number of nitrogens with one attached hydrogen (secondary N) is 1. The molecule has 6 nitrogen and oxygen atoms in total. The number of hydrogen-bond donors (Lipinski definition) is 1. The standard InChI is InChI=1S/C18H21N5OS2/c1-5-23-15(14-9-7-6-8-10-14)21-22-18(23)26-13(4)16(24)20-17-19-11(2)12(3)25-17/h6-10,13H,5H2,1-4H3,(H,19,20,24)/t13-/m1/s1. The van der Waals surface area contributed by atoms with Gasteiger partial charge in [0.1, 0.15) is 0 Å². The van der Waals surface area contributed by atoms with Gasteiger partial charge in [0.05, 0.1) is 10.9 Å². The number of benzene rings is 1. The van der Waals surface area contributed by atoms with Gasteiger partial charge in [-0.15, -0.1) is 21.5 Å². The Morgan fingerprint density at radius 2 is 2.00 bits per heavy atom. The predicted molar refractivity (Wildman–Crippen MR) is 107 cm³/mol. The molecule has 2 heterocycles. The van der Waals surface area contributed by atoms with Crippen LogP contribution in [-0.2, 0) is 11.3 Å². The molecule has 1 aromatic carbocycles. The van der Waals surface area contributed by atoms with Gasteiger partial charge < -0.3 is 9.88 Å². The van der Waals surface area contributed by atoms with Crippen molar-refractivity contribution >= 4 is 34.1 Å². The molecule has 0 saturated carbocycles. The molecule has 1 N–H and O–H groups in total. The summed E-state index contributed by atoms with van der Waals surface area (Å²) < 4.78 is 2.03. The van der Waals surface area contributed by atoms with Crippen LogP contribution in [0.25, 0.3) is 11.4 Å². The second-order valence-corrected chi connectivity index (χ2v) is 8.34. The Bertz CT molecular complexity index is 884. The number of thiazole rings is 1. The van der Waals surface area contributed by atoms with Crippen LogP contribution in [0.5, 0.6) is 0 Å².